The van der Waals surface area contributed by atoms with Crippen LogP contribution < -0.4 is 10.6 Å². The van der Waals surface area contributed by atoms with Crippen LogP contribution in [0.2, 0.25) is 0 Å². The van der Waals surface area contributed by atoms with E-state index < -0.39 is 39.8 Å². The van der Waals surface area contributed by atoms with Crippen molar-refractivity contribution in [1.82, 2.24) is 15.6 Å². The first-order chi connectivity index (χ1) is 13.3. The molecule has 0 aromatic heterocycles. The average molecular weight is 423 g/mol. The SMILES string of the molecule is O=NN(CCCl)C(=O)NCCCCNC(=O)C1CC([N+](=O)[O-])CC([N+](=O)[O-])C1. The predicted molar refractivity (Wildman–Crippen MR) is 97.8 cm³/mol. The van der Waals surface area contributed by atoms with E-state index in [1.54, 1.807) is 0 Å². The number of halogens is 1. The van der Waals surface area contributed by atoms with E-state index in [2.05, 4.69) is 15.9 Å². The van der Waals surface area contributed by atoms with Crippen LogP contribution in [0.4, 0.5) is 4.79 Å². The molecule has 2 N–H and O–H groups in total. The molecule has 3 amide bonds. The second-order valence-electron chi connectivity index (χ2n) is 6.41. The summed E-state index contributed by atoms with van der Waals surface area (Å²) in [5.41, 5.74) is 0. The Hall–Kier alpha value is -2.57. The molecule has 0 radical (unpaired) electrons. The van der Waals surface area contributed by atoms with Crippen LogP contribution in [-0.4, -0.2) is 64.4 Å². The fourth-order valence-electron chi connectivity index (χ4n) is 2.97. The van der Waals surface area contributed by atoms with Gasteiger partial charge in [-0.25, -0.2) is 4.79 Å². The third-order valence-electron chi connectivity index (χ3n) is 4.43. The summed E-state index contributed by atoms with van der Waals surface area (Å²) in [6.07, 6.45) is 0.794. The van der Waals surface area contributed by atoms with Gasteiger partial charge in [-0.15, -0.1) is 16.5 Å². The van der Waals surface area contributed by atoms with Gasteiger partial charge in [0.25, 0.3) is 0 Å². The molecule has 1 aliphatic carbocycles. The zero-order chi connectivity index (χ0) is 21.1. The average Bonchev–Trinajstić information content (AvgIpc) is 2.67. The summed E-state index contributed by atoms with van der Waals surface area (Å²) in [4.78, 5) is 55.0. The predicted octanol–water partition coefficient (Wildman–Crippen LogP) is 0.905. The molecule has 0 saturated heterocycles. The molecule has 0 spiro atoms. The van der Waals surface area contributed by atoms with Crippen LogP contribution in [0.1, 0.15) is 32.1 Å². The molecule has 1 fully saturated rings. The van der Waals surface area contributed by atoms with Gasteiger partial charge >= 0.3 is 6.03 Å². The van der Waals surface area contributed by atoms with Crippen LogP contribution in [0.25, 0.3) is 0 Å². The highest BCUT2D eigenvalue weighted by atomic mass is 35.5. The number of rotatable bonds is 11. The van der Waals surface area contributed by atoms with Crippen LogP contribution in [0.15, 0.2) is 5.29 Å². The standard InChI is InChI=1S/C14H23ClN6O7/c15-3-6-19(18-24)14(23)17-5-2-1-4-16-13(22)10-7-11(20(25)26)9-12(8-10)21(27)28/h10-12H,1-9H2,(H,16,22)(H,17,23). The van der Waals surface area contributed by atoms with Crippen molar-refractivity contribution in [1.29, 1.82) is 0 Å². The van der Waals surface area contributed by atoms with Gasteiger partial charge in [-0.05, 0) is 12.8 Å². The highest BCUT2D eigenvalue weighted by Crippen LogP contribution is 2.28. The summed E-state index contributed by atoms with van der Waals surface area (Å²) in [6, 6.07) is -2.87. The molecule has 0 bridgehead atoms. The molecule has 0 heterocycles. The van der Waals surface area contributed by atoms with Crippen molar-refractivity contribution in [2.24, 2.45) is 11.2 Å². The van der Waals surface area contributed by atoms with E-state index in [0.717, 1.165) is 0 Å². The van der Waals surface area contributed by atoms with E-state index in [1.165, 1.54) is 0 Å². The quantitative estimate of drug-likeness (QED) is 0.163. The van der Waals surface area contributed by atoms with Gasteiger partial charge in [0.1, 0.15) is 0 Å². The van der Waals surface area contributed by atoms with Crippen molar-refractivity contribution in [3.05, 3.63) is 25.1 Å². The van der Waals surface area contributed by atoms with E-state index in [-0.39, 0.29) is 44.8 Å². The van der Waals surface area contributed by atoms with Gasteiger partial charge in [0.05, 0.1) is 24.2 Å². The zero-order valence-electron chi connectivity index (χ0n) is 15.1. The summed E-state index contributed by atoms with van der Waals surface area (Å²) in [5.74, 6) is -1.15. The van der Waals surface area contributed by atoms with E-state index >= 15 is 0 Å². The van der Waals surface area contributed by atoms with Gasteiger partial charge in [0.15, 0.2) is 0 Å². The van der Waals surface area contributed by atoms with Gasteiger partial charge in [-0.1, -0.05) is 0 Å². The van der Waals surface area contributed by atoms with Gasteiger partial charge < -0.3 is 10.6 Å². The van der Waals surface area contributed by atoms with Crippen LogP contribution in [0, 0.1) is 31.1 Å². The number of nitroso groups, excluding NO2 is 1. The molecule has 1 saturated carbocycles. The number of alkyl halides is 1. The fourth-order valence-corrected chi connectivity index (χ4v) is 3.13. The first-order valence-electron chi connectivity index (χ1n) is 8.79. The Balaban J connectivity index is 2.32. The van der Waals surface area contributed by atoms with Crippen LogP contribution in [0.5, 0.6) is 0 Å². The summed E-state index contributed by atoms with van der Waals surface area (Å²) in [6.45, 7) is 0.499. The second-order valence-corrected chi connectivity index (χ2v) is 6.78. The van der Waals surface area contributed by atoms with Crippen LogP contribution in [-0.2, 0) is 4.79 Å². The van der Waals surface area contributed by atoms with Crippen molar-refractivity contribution < 1.29 is 19.4 Å². The number of amides is 3. The van der Waals surface area contributed by atoms with E-state index in [9.17, 15) is 34.7 Å². The van der Waals surface area contributed by atoms with Crippen molar-refractivity contribution >= 4 is 23.5 Å². The Labute approximate surface area is 165 Å². The molecule has 0 aliphatic heterocycles. The molecule has 14 heteroatoms. The molecule has 1 aliphatic rings. The zero-order valence-corrected chi connectivity index (χ0v) is 15.9. The lowest BCUT2D eigenvalue weighted by molar-refractivity contribution is -0.569. The third-order valence-corrected chi connectivity index (χ3v) is 4.60. The number of nitrogens with zero attached hydrogens (tertiary/aromatic N) is 4. The lowest BCUT2D eigenvalue weighted by atomic mass is 9.82. The number of urea groups is 1. The third kappa shape index (κ3) is 7.58. The highest BCUT2D eigenvalue weighted by Gasteiger charge is 2.43. The first-order valence-corrected chi connectivity index (χ1v) is 9.32. The highest BCUT2D eigenvalue weighted by molar-refractivity contribution is 6.18. The number of nitro groups is 2. The minimum Gasteiger partial charge on any atom is -0.356 e. The maximum Gasteiger partial charge on any atom is 0.340 e. The van der Waals surface area contributed by atoms with Crippen LogP contribution in [0.3, 0.4) is 0 Å². The Morgan fingerprint density at radius 3 is 2.04 bits per heavy atom. The fraction of sp³-hybridized carbons (Fsp3) is 0.857. The van der Waals surface area contributed by atoms with E-state index in [1.807, 2.05) is 0 Å². The Morgan fingerprint density at radius 2 is 1.57 bits per heavy atom. The van der Waals surface area contributed by atoms with E-state index in [4.69, 9.17) is 11.6 Å². The van der Waals surface area contributed by atoms with Crippen molar-refractivity contribution in [2.75, 3.05) is 25.5 Å². The smallest absolute Gasteiger partial charge is 0.340 e. The van der Waals surface area contributed by atoms with Gasteiger partial charge in [0, 0.05) is 41.7 Å². The number of unbranched alkanes of at least 4 members (excludes halogenated alkanes) is 1. The topological polar surface area (TPSA) is 177 Å². The minimum absolute atomic E-state index is 0.00931. The number of carbonyl (C=O) groups excluding carboxylic acids is 2. The van der Waals surface area contributed by atoms with Crippen LogP contribution >= 0.6 is 11.6 Å². The lowest BCUT2D eigenvalue weighted by Crippen LogP contribution is -2.44. The Bertz CT molecular complexity index is 571. The molecule has 1 rings (SSSR count). The normalized spacial score (nSPS) is 21.4. The number of carbonyl (C=O) groups is 2. The Kier molecular flexibility index (Phi) is 10.1. The molecule has 2 atom stereocenters. The molecular weight excluding hydrogens is 400 g/mol. The summed E-state index contributed by atoms with van der Waals surface area (Å²) in [5, 5.41) is 30.2. The van der Waals surface area contributed by atoms with Gasteiger partial charge in [-0.2, -0.15) is 5.01 Å². The largest absolute Gasteiger partial charge is 0.356 e. The monoisotopic (exact) mass is 422 g/mol. The van der Waals surface area contributed by atoms with Crippen molar-refractivity contribution in [2.45, 2.75) is 44.2 Å². The second kappa shape index (κ2) is 12.0. The van der Waals surface area contributed by atoms with Gasteiger partial charge in [0.2, 0.25) is 18.0 Å². The first kappa shape index (κ1) is 23.5. The van der Waals surface area contributed by atoms with Crippen molar-refractivity contribution in [3.8, 4) is 0 Å². The number of nitrogens with one attached hydrogen (secondary N) is 2. The van der Waals surface area contributed by atoms with E-state index in [0.29, 0.717) is 17.9 Å². The molecule has 13 nitrogen and oxygen atoms in total. The summed E-state index contributed by atoms with van der Waals surface area (Å²) in [7, 11) is 0. The molecular formula is C14H23ClN6O7. The molecule has 28 heavy (non-hydrogen) atoms. The van der Waals surface area contributed by atoms with Crippen molar-refractivity contribution in [3.63, 3.8) is 0 Å². The number of hydrogen-bond acceptors (Lipinski definition) is 8. The molecule has 2 unspecified atom stereocenters. The molecule has 158 valence electrons. The molecule has 0 aromatic carbocycles. The maximum absolute atomic E-state index is 12.2. The summed E-state index contributed by atoms with van der Waals surface area (Å²) < 4.78 is 0. The summed E-state index contributed by atoms with van der Waals surface area (Å²) >= 11 is 5.43. The molecule has 0 aromatic rings. The van der Waals surface area contributed by atoms with Gasteiger partial charge in [-0.3, -0.25) is 25.0 Å². The lowest BCUT2D eigenvalue weighted by Gasteiger charge is -2.25. The minimum atomic E-state index is -1.10. The number of hydrogen-bond donors (Lipinski definition) is 2. The maximum atomic E-state index is 12.2. The Morgan fingerprint density at radius 1 is 1.04 bits per heavy atom.